The SMILES string of the molecule is CC/C=C\C/C=C\C/C=C\C/C=C\C/C=C\C/C=C\C/C=C\CCCCCC(=O)NC(COP(=O)([O-])OCC[N+](C)(C)C)C(O)/C=C/CC/C=C/CCCCCCCCCCC. The van der Waals surface area contributed by atoms with E-state index in [1.807, 2.05) is 27.2 Å². The van der Waals surface area contributed by atoms with Gasteiger partial charge in [-0.2, -0.15) is 0 Å². The molecule has 0 spiro atoms. The number of carbonyl (C=O) groups is 1. The highest BCUT2D eigenvalue weighted by Gasteiger charge is 2.23. The summed E-state index contributed by atoms with van der Waals surface area (Å²) in [6.07, 6.45) is 62.9. The van der Waals surface area contributed by atoms with Crippen LogP contribution < -0.4 is 10.2 Å². The molecule has 0 saturated carbocycles. The summed E-state index contributed by atoms with van der Waals surface area (Å²) < 4.78 is 23.2. The van der Waals surface area contributed by atoms with Gasteiger partial charge >= 0.3 is 0 Å². The normalized spacial score (nSPS) is 15.1. The van der Waals surface area contributed by atoms with Gasteiger partial charge in [0.05, 0.1) is 39.9 Å². The molecule has 9 heteroatoms. The van der Waals surface area contributed by atoms with Crippen molar-refractivity contribution in [3.05, 3.63) is 109 Å². The van der Waals surface area contributed by atoms with Crippen LogP contribution in [0.25, 0.3) is 0 Å². The van der Waals surface area contributed by atoms with Gasteiger partial charge in [0.15, 0.2) is 0 Å². The molecule has 0 saturated heterocycles. The average Bonchev–Trinajstić information content (AvgIpc) is 3.23. The maximum atomic E-state index is 12.9. The molecule has 0 aliphatic carbocycles. The van der Waals surface area contributed by atoms with Gasteiger partial charge in [-0.05, 0) is 89.9 Å². The molecule has 2 N–H and O–H groups in total. The van der Waals surface area contributed by atoms with Gasteiger partial charge in [0.1, 0.15) is 13.2 Å². The van der Waals surface area contributed by atoms with E-state index in [9.17, 15) is 19.4 Å². The van der Waals surface area contributed by atoms with E-state index in [1.165, 1.54) is 57.8 Å². The largest absolute Gasteiger partial charge is 0.756 e. The van der Waals surface area contributed by atoms with Gasteiger partial charge in [0.2, 0.25) is 5.91 Å². The minimum absolute atomic E-state index is 0.0197. The zero-order valence-corrected chi connectivity index (χ0v) is 40.9. The zero-order chi connectivity index (χ0) is 45.7. The third kappa shape index (κ3) is 45.2. The van der Waals surface area contributed by atoms with E-state index in [-0.39, 0.29) is 18.9 Å². The fourth-order valence-corrected chi connectivity index (χ4v) is 6.87. The van der Waals surface area contributed by atoms with Gasteiger partial charge < -0.3 is 28.8 Å². The number of phosphoric ester groups is 1. The summed E-state index contributed by atoms with van der Waals surface area (Å²) in [5.41, 5.74) is 0. The summed E-state index contributed by atoms with van der Waals surface area (Å²) in [5.74, 6) is -0.245. The Kier molecular flexibility index (Phi) is 41.4. The molecule has 3 atom stereocenters. The summed E-state index contributed by atoms with van der Waals surface area (Å²) in [4.78, 5) is 25.4. The Balaban J connectivity index is 4.48. The van der Waals surface area contributed by atoms with Crippen LogP contribution in [0.3, 0.4) is 0 Å². The Morgan fingerprint density at radius 3 is 1.50 bits per heavy atom. The van der Waals surface area contributed by atoms with E-state index in [0.717, 1.165) is 83.5 Å². The minimum Gasteiger partial charge on any atom is -0.756 e. The summed E-state index contributed by atoms with van der Waals surface area (Å²) in [5, 5.41) is 13.8. The first-order valence-electron chi connectivity index (χ1n) is 24.2. The monoisotopic (exact) mass is 883 g/mol. The number of allylic oxidation sites excluding steroid dienone is 17. The van der Waals surface area contributed by atoms with Gasteiger partial charge in [-0.1, -0.05) is 181 Å². The van der Waals surface area contributed by atoms with Crippen LogP contribution in [0.4, 0.5) is 0 Å². The van der Waals surface area contributed by atoms with Crippen molar-refractivity contribution in [2.75, 3.05) is 40.9 Å². The molecule has 0 aromatic heterocycles. The van der Waals surface area contributed by atoms with Crippen LogP contribution in [-0.2, 0) is 18.4 Å². The molecule has 3 unspecified atom stereocenters. The zero-order valence-electron chi connectivity index (χ0n) is 40.0. The third-order valence-electron chi connectivity index (χ3n) is 9.97. The second-order valence-electron chi connectivity index (χ2n) is 17.1. The maximum absolute atomic E-state index is 12.9. The van der Waals surface area contributed by atoms with E-state index in [0.29, 0.717) is 17.4 Å². The molecule has 0 aliphatic rings. The van der Waals surface area contributed by atoms with E-state index in [4.69, 9.17) is 9.05 Å². The van der Waals surface area contributed by atoms with Crippen molar-refractivity contribution in [3.63, 3.8) is 0 Å². The van der Waals surface area contributed by atoms with Crippen LogP contribution in [-0.4, -0.2) is 68.5 Å². The fourth-order valence-electron chi connectivity index (χ4n) is 6.15. The van der Waals surface area contributed by atoms with Gasteiger partial charge in [0, 0.05) is 6.42 Å². The lowest BCUT2D eigenvalue weighted by Crippen LogP contribution is -2.45. The van der Waals surface area contributed by atoms with Crippen LogP contribution in [0.5, 0.6) is 0 Å². The predicted molar refractivity (Wildman–Crippen MR) is 265 cm³/mol. The molecule has 354 valence electrons. The molecule has 1 amide bonds. The Hall–Kier alpha value is -2.84. The molecule has 0 fully saturated rings. The lowest BCUT2D eigenvalue weighted by atomic mass is 10.1. The smallest absolute Gasteiger partial charge is 0.268 e. The van der Waals surface area contributed by atoms with Crippen LogP contribution in [0, 0.1) is 0 Å². The highest BCUT2D eigenvalue weighted by Crippen LogP contribution is 2.38. The standard InChI is InChI=1S/C53H91N2O6P/c1-6-8-10-12-14-16-18-20-22-23-24-25-26-27-28-29-30-31-33-35-37-39-41-43-45-47-53(57)54-51(50-61-62(58,59)60-49-48-55(3,4)5)52(56)46-44-42-40-38-36-34-32-21-19-17-15-13-11-9-7-2/h8,10,14,16,20,22,24-25,27-28,30-31,35-38,44,46,51-52,56H,6-7,9,11-13,15,17-19,21,23,26,29,32-34,39-43,45,47-50H2,1-5H3,(H-,54,57,58,59)/b10-8-,16-14-,22-20-,25-24-,28-27-,31-30-,37-35-,38-36+,46-44+. The molecule has 0 aromatic rings. The summed E-state index contributed by atoms with van der Waals surface area (Å²) in [6.45, 7) is 4.45. The topological polar surface area (TPSA) is 108 Å². The van der Waals surface area contributed by atoms with Crippen LogP contribution in [0.15, 0.2) is 109 Å². The second kappa shape index (κ2) is 43.4. The number of carbonyl (C=O) groups excluding carboxylic acids is 1. The molecular formula is C53H91N2O6P. The lowest BCUT2D eigenvalue weighted by molar-refractivity contribution is -0.870. The molecule has 0 aromatic carbocycles. The molecule has 0 aliphatic heterocycles. The quantitative estimate of drug-likeness (QED) is 0.0274. The van der Waals surface area contributed by atoms with Crippen molar-refractivity contribution in [1.29, 1.82) is 0 Å². The number of amides is 1. The number of quaternary nitrogens is 1. The molecule has 62 heavy (non-hydrogen) atoms. The fraction of sp³-hybridized carbons (Fsp3) is 0.642. The van der Waals surface area contributed by atoms with Gasteiger partial charge in [0.25, 0.3) is 7.82 Å². The molecule has 0 rings (SSSR count). The summed E-state index contributed by atoms with van der Waals surface area (Å²) >= 11 is 0. The number of rotatable bonds is 42. The number of hydrogen-bond acceptors (Lipinski definition) is 6. The first-order chi connectivity index (χ1) is 30.0. The molecular weight excluding hydrogens is 792 g/mol. The third-order valence-corrected chi connectivity index (χ3v) is 10.9. The van der Waals surface area contributed by atoms with Crippen molar-refractivity contribution < 1.29 is 32.9 Å². The van der Waals surface area contributed by atoms with Crippen molar-refractivity contribution >= 4 is 13.7 Å². The molecule has 0 heterocycles. The lowest BCUT2D eigenvalue weighted by Gasteiger charge is -2.29. The summed E-state index contributed by atoms with van der Waals surface area (Å²) in [7, 11) is 1.20. The minimum atomic E-state index is -4.62. The van der Waals surface area contributed by atoms with Crippen molar-refractivity contribution in [3.8, 4) is 0 Å². The van der Waals surface area contributed by atoms with E-state index >= 15 is 0 Å². The number of aliphatic hydroxyl groups excluding tert-OH is 1. The number of nitrogens with zero attached hydrogens (tertiary/aromatic N) is 1. The van der Waals surface area contributed by atoms with Gasteiger partial charge in [-0.15, -0.1) is 0 Å². The van der Waals surface area contributed by atoms with E-state index in [2.05, 4.69) is 116 Å². The summed E-state index contributed by atoms with van der Waals surface area (Å²) in [6, 6.07) is -0.929. The Bertz CT molecular complexity index is 1370. The van der Waals surface area contributed by atoms with Crippen LogP contribution >= 0.6 is 7.82 Å². The molecule has 0 radical (unpaired) electrons. The first kappa shape index (κ1) is 59.2. The number of nitrogens with one attached hydrogen (secondary N) is 1. The highest BCUT2D eigenvalue weighted by atomic mass is 31.2. The second-order valence-corrected chi connectivity index (χ2v) is 18.5. The van der Waals surface area contributed by atoms with Crippen molar-refractivity contribution in [2.45, 2.75) is 180 Å². The van der Waals surface area contributed by atoms with Gasteiger partial charge in [-0.3, -0.25) is 9.36 Å². The number of hydrogen-bond donors (Lipinski definition) is 2. The average molecular weight is 883 g/mol. The number of phosphoric acid groups is 1. The Labute approximate surface area is 381 Å². The predicted octanol–water partition coefficient (Wildman–Crippen LogP) is 13.4. The van der Waals surface area contributed by atoms with E-state index in [1.54, 1.807) is 6.08 Å². The highest BCUT2D eigenvalue weighted by molar-refractivity contribution is 7.45. The van der Waals surface area contributed by atoms with Crippen LogP contribution in [0.2, 0.25) is 0 Å². The van der Waals surface area contributed by atoms with E-state index < -0.39 is 26.6 Å². The van der Waals surface area contributed by atoms with Crippen molar-refractivity contribution in [1.82, 2.24) is 5.32 Å². The first-order valence-corrected chi connectivity index (χ1v) is 25.7. The van der Waals surface area contributed by atoms with Crippen LogP contribution in [0.1, 0.15) is 168 Å². The maximum Gasteiger partial charge on any atom is 0.268 e. The number of likely N-dealkylation sites (N-methyl/N-ethyl adjacent to an activating group) is 1. The van der Waals surface area contributed by atoms with Crippen molar-refractivity contribution in [2.24, 2.45) is 0 Å². The Morgan fingerprint density at radius 1 is 0.581 bits per heavy atom. The number of unbranched alkanes of at least 4 members (excludes halogenated alkanes) is 13. The molecule has 0 bridgehead atoms. The number of aliphatic hydroxyl groups is 1. The molecule has 8 nitrogen and oxygen atoms in total. The Morgan fingerprint density at radius 2 is 1.00 bits per heavy atom. The van der Waals surface area contributed by atoms with Gasteiger partial charge in [-0.25, -0.2) is 0 Å².